The Morgan fingerprint density at radius 2 is 2.10 bits per heavy atom. The van der Waals surface area contributed by atoms with E-state index in [1.165, 1.54) is 0 Å². The monoisotopic (exact) mass is 472 g/mol. The Labute approximate surface area is 183 Å². The minimum atomic E-state index is -0.0191. The lowest BCUT2D eigenvalue weighted by Crippen LogP contribution is -2.35. The van der Waals surface area contributed by atoms with Gasteiger partial charge in [0.25, 0.3) is 0 Å². The number of ether oxygens (including phenoxy) is 2. The summed E-state index contributed by atoms with van der Waals surface area (Å²) in [5.41, 5.74) is 3.68. The third-order valence-corrected chi connectivity index (χ3v) is 5.77. The summed E-state index contributed by atoms with van der Waals surface area (Å²) < 4.78 is 11.5. The first-order valence-electron chi connectivity index (χ1n) is 10.0. The highest BCUT2D eigenvalue weighted by molar-refractivity contribution is 9.10. The topological polar surface area (TPSA) is 79.5 Å². The Hall–Kier alpha value is -2.42. The molecule has 0 radical (unpaired) electrons. The molecular formula is C22H25BrN4O3. The molecule has 30 heavy (non-hydrogen) atoms. The minimum Gasteiger partial charge on any atom is -0.496 e. The summed E-state index contributed by atoms with van der Waals surface area (Å²) in [7, 11) is 1.63. The Morgan fingerprint density at radius 3 is 2.87 bits per heavy atom. The molecule has 3 aromatic rings. The lowest BCUT2D eigenvalue weighted by Gasteiger charge is -2.25. The number of amides is 1. The van der Waals surface area contributed by atoms with E-state index >= 15 is 0 Å². The van der Waals surface area contributed by atoms with Gasteiger partial charge in [-0.25, -0.2) is 4.98 Å². The Kier molecular flexibility index (Phi) is 6.66. The molecular weight excluding hydrogens is 448 g/mol. The van der Waals surface area contributed by atoms with Crippen LogP contribution in [0.2, 0.25) is 0 Å². The van der Waals surface area contributed by atoms with E-state index in [2.05, 4.69) is 36.1 Å². The second-order valence-electron chi connectivity index (χ2n) is 7.32. The number of aryl methyl sites for hydroxylation is 1. The molecule has 8 heteroatoms. The molecule has 0 unspecified atom stereocenters. The summed E-state index contributed by atoms with van der Waals surface area (Å²) in [4.78, 5) is 22.8. The molecule has 7 nitrogen and oxygen atoms in total. The minimum absolute atomic E-state index is 0.0191. The van der Waals surface area contributed by atoms with Gasteiger partial charge in [0.2, 0.25) is 5.91 Å². The van der Waals surface area contributed by atoms with Crippen molar-refractivity contribution in [3.05, 3.63) is 52.3 Å². The lowest BCUT2D eigenvalue weighted by molar-refractivity contribution is -0.116. The molecule has 4 rings (SSSR count). The molecule has 0 aliphatic carbocycles. The third-order valence-electron chi connectivity index (χ3n) is 5.15. The van der Waals surface area contributed by atoms with Crippen molar-refractivity contribution in [3.8, 4) is 5.75 Å². The number of H-pyrrole nitrogens is 1. The number of anilines is 1. The van der Waals surface area contributed by atoms with E-state index in [1.807, 2.05) is 36.4 Å². The first-order valence-corrected chi connectivity index (χ1v) is 10.8. The van der Waals surface area contributed by atoms with Crippen molar-refractivity contribution in [1.29, 1.82) is 0 Å². The van der Waals surface area contributed by atoms with Gasteiger partial charge < -0.3 is 19.8 Å². The number of methoxy groups -OCH3 is 1. The molecule has 158 valence electrons. The smallest absolute Gasteiger partial charge is 0.224 e. The number of hydrogen-bond donors (Lipinski definition) is 2. The van der Waals surface area contributed by atoms with E-state index in [0.717, 1.165) is 71.2 Å². The fourth-order valence-electron chi connectivity index (χ4n) is 3.53. The fourth-order valence-corrected chi connectivity index (χ4v) is 4.12. The highest BCUT2D eigenvalue weighted by atomic mass is 79.9. The number of benzene rings is 2. The quantitative estimate of drug-likeness (QED) is 0.547. The van der Waals surface area contributed by atoms with Crippen molar-refractivity contribution in [2.45, 2.75) is 19.4 Å². The van der Waals surface area contributed by atoms with Crippen LogP contribution in [0.3, 0.4) is 0 Å². The van der Waals surface area contributed by atoms with E-state index < -0.39 is 0 Å². The molecule has 1 saturated heterocycles. The molecule has 0 saturated carbocycles. The molecule has 1 aliphatic heterocycles. The highest BCUT2D eigenvalue weighted by Gasteiger charge is 2.13. The second kappa shape index (κ2) is 9.59. The summed E-state index contributed by atoms with van der Waals surface area (Å²) >= 11 is 3.48. The van der Waals surface area contributed by atoms with Crippen LogP contribution in [0.5, 0.6) is 5.75 Å². The zero-order chi connectivity index (χ0) is 20.9. The van der Waals surface area contributed by atoms with Crippen molar-refractivity contribution >= 4 is 38.6 Å². The summed E-state index contributed by atoms with van der Waals surface area (Å²) in [5.74, 6) is 1.69. The summed E-state index contributed by atoms with van der Waals surface area (Å²) in [5, 5.41) is 2.98. The van der Waals surface area contributed by atoms with Crippen molar-refractivity contribution in [3.63, 3.8) is 0 Å². The number of imidazole rings is 1. The Balaban J connectivity index is 1.34. The van der Waals surface area contributed by atoms with Crippen molar-refractivity contribution in [2.24, 2.45) is 0 Å². The standard InChI is InChI=1S/C22H25BrN4O3/c1-29-20-6-2-15(12-17(20)23)3-7-22(28)24-16-4-5-18-19(13-16)26-21(25-18)14-27-8-10-30-11-9-27/h2,4-6,12-13H,3,7-11,14H2,1H3,(H,24,28)(H,25,26). The number of morpholine rings is 1. The largest absolute Gasteiger partial charge is 0.496 e. The van der Waals surface area contributed by atoms with Gasteiger partial charge >= 0.3 is 0 Å². The molecule has 2 N–H and O–H groups in total. The van der Waals surface area contributed by atoms with E-state index in [0.29, 0.717) is 12.8 Å². The highest BCUT2D eigenvalue weighted by Crippen LogP contribution is 2.26. The number of aromatic nitrogens is 2. The van der Waals surface area contributed by atoms with Crippen LogP contribution in [-0.2, 0) is 22.5 Å². The van der Waals surface area contributed by atoms with E-state index in [9.17, 15) is 4.79 Å². The van der Waals surface area contributed by atoms with Crippen LogP contribution in [0.4, 0.5) is 5.69 Å². The SMILES string of the molecule is COc1ccc(CCC(=O)Nc2ccc3nc(CN4CCOCC4)[nH]c3c2)cc1Br. The number of nitrogens with one attached hydrogen (secondary N) is 2. The van der Waals surface area contributed by atoms with Gasteiger partial charge in [-0.1, -0.05) is 6.07 Å². The van der Waals surface area contributed by atoms with Gasteiger partial charge in [-0.3, -0.25) is 9.69 Å². The molecule has 1 amide bonds. The average molecular weight is 473 g/mol. The molecule has 2 heterocycles. The summed E-state index contributed by atoms with van der Waals surface area (Å²) in [6.45, 7) is 4.15. The van der Waals surface area contributed by atoms with Crippen molar-refractivity contribution < 1.29 is 14.3 Å². The number of rotatable bonds is 7. The van der Waals surface area contributed by atoms with Crippen molar-refractivity contribution in [1.82, 2.24) is 14.9 Å². The van der Waals surface area contributed by atoms with Gasteiger partial charge in [0.05, 0.1) is 42.4 Å². The molecule has 0 atom stereocenters. The Morgan fingerprint density at radius 1 is 1.27 bits per heavy atom. The molecule has 1 fully saturated rings. The molecule has 2 aromatic carbocycles. The van der Waals surface area contributed by atoms with Crippen molar-refractivity contribution in [2.75, 3.05) is 38.7 Å². The predicted molar refractivity (Wildman–Crippen MR) is 120 cm³/mol. The number of carbonyl (C=O) groups is 1. The van der Waals surface area contributed by atoms with Crippen LogP contribution in [0, 0.1) is 0 Å². The third kappa shape index (κ3) is 5.19. The van der Waals surface area contributed by atoms with E-state index in [1.54, 1.807) is 7.11 Å². The van der Waals surface area contributed by atoms with Crippen LogP contribution in [-0.4, -0.2) is 54.2 Å². The van der Waals surface area contributed by atoms with Crippen LogP contribution < -0.4 is 10.1 Å². The van der Waals surface area contributed by atoms with Crippen LogP contribution >= 0.6 is 15.9 Å². The number of nitrogens with zero attached hydrogens (tertiary/aromatic N) is 2. The van der Waals surface area contributed by atoms with E-state index in [-0.39, 0.29) is 5.91 Å². The molecule has 1 aliphatic rings. The van der Waals surface area contributed by atoms with Gasteiger partial charge in [-0.15, -0.1) is 0 Å². The van der Waals surface area contributed by atoms with E-state index in [4.69, 9.17) is 9.47 Å². The average Bonchev–Trinajstić information content (AvgIpc) is 3.14. The van der Waals surface area contributed by atoms with Crippen LogP contribution in [0.15, 0.2) is 40.9 Å². The first-order chi connectivity index (χ1) is 14.6. The number of hydrogen-bond acceptors (Lipinski definition) is 5. The summed E-state index contributed by atoms with van der Waals surface area (Å²) in [6.07, 6.45) is 1.06. The summed E-state index contributed by atoms with van der Waals surface area (Å²) in [6, 6.07) is 11.6. The van der Waals surface area contributed by atoms with Gasteiger partial charge in [-0.05, 0) is 58.2 Å². The number of carbonyl (C=O) groups excluding carboxylic acids is 1. The maximum absolute atomic E-state index is 12.4. The normalized spacial score (nSPS) is 14.7. The van der Waals surface area contributed by atoms with Gasteiger partial charge in [0, 0.05) is 25.2 Å². The van der Waals surface area contributed by atoms with Crippen LogP contribution in [0.1, 0.15) is 17.8 Å². The Bertz CT molecular complexity index is 1030. The van der Waals surface area contributed by atoms with Crippen LogP contribution in [0.25, 0.3) is 11.0 Å². The fraction of sp³-hybridized carbons (Fsp3) is 0.364. The molecule has 1 aromatic heterocycles. The molecule has 0 bridgehead atoms. The zero-order valence-electron chi connectivity index (χ0n) is 16.9. The number of aromatic amines is 1. The van der Waals surface area contributed by atoms with Gasteiger partial charge in [-0.2, -0.15) is 0 Å². The number of fused-ring (bicyclic) bond motifs is 1. The maximum atomic E-state index is 12.4. The van der Waals surface area contributed by atoms with Gasteiger partial charge in [0.15, 0.2) is 0 Å². The lowest BCUT2D eigenvalue weighted by atomic mass is 10.1. The zero-order valence-corrected chi connectivity index (χ0v) is 18.5. The van der Waals surface area contributed by atoms with Gasteiger partial charge in [0.1, 0.15) is 11.6 Å². The second-order valence-corrected chi connectivity index (χ2v) is 8.18. The number of halogens is 1. The molecule has 0 spiro atoms. The predicted octanol–water partition coefficient (Wildman–Crippen LogP) is 3.74. The maximum Gasteiger partial charge on any atom is 0.224 e. The first kappa shape index (κ1) is 20.8.